The molecular weight excluding hydrogens is 320 g/mol. The van der Waals surface area contributed by atoms with E-state index in [2.05, 4.69) is 10.6 Å². The van der Waals surface area contributed by atoms with Crippen molar-refractivity contribution >= 4 is 11.9 Å². The van der Waals surface area contributed by atoms with Crippen LogP contribution < -0.4 is 10.6 Å². The molecule has 0 bridgehead atoms. The smallest absolute Gasteiger partial charge is 0.317 e. The van der Waals surface area contributed by atoms with Gasteiger partial charge in [0.25, 0.3) is 0 Å². The van der Waals surface area contributed by atoms with E-state index in [9.17, 15) is 18.4 Å². The highest BCUT2D eigenvalue weighted by Gasteiger charge is 2.32. The van der Waals surface area contributed by atoms with Crippen molar-refractivity contribution in [2.24, 2.45) is 11.8 Å². The van der Waals surface area contributed by atoms with E-state index in [0.717, 1.165) is 12.8 Å². The van der Waals surface area contributed by atoms with Gasteiger partial charge in [-0.15, -0.1) is 0 Å². The molecule has 1 saturated heterocycles. The summed E-state index contributed by atoms with van der Waals surface area (Å²) in [5, 5.41) is 5.50. The van der Waals surface area contributed by atoms with E-state index in [0.29, 0.717) is 19.7 Å². The van der Waals surface area contributed by atoms with E-state index < -0.39 is 6.43 Å². The summed E-state index contributed by atoms with van der Waals surface area (Å²) in [7, 11) is 1.57. The average Bonchev–Trinajstić information content (AvgIpc) is 2.52. The Morgan fingerprint density at radius 2 is 2.00 bits per heavy atom. The molecule has 0 saturated carbocycles. The minimum atomic E-state index is -2.37. The van der Waals surface area contributed by atoms with Crippen molar-refractivity contribution in [3.63, 3.8) is 0 Å². The van der Waals surface area contributed by atoms with Crippen LogP contribution in [0.2, 0.25) is 0 Å². The number of methoxy groups -OCH3 is 1. The number of alkyl halides is 2. The zero-order valence-electron chi connectivity index (χ0n) is 14.7. The lowest BCUT2D eigenvalue weighted by Crippen LogP contribution is -2.53. The number of nitrogens with zero attached hydrogens (tertiary/aromatic N) is 1. The number of urea groups is 1. The third-order valence-electron chi connectivity index (χ3n) is 4.30. The van der Waals surface area contributed by atoms with Gasteiger partial charge in [0, 0.05) is 39.2 Å². The van der Waals surface area contributed by atoms with E-state index in [4.69, 9.17) is 4.74 Å². The van der Waals surface area contributed by atoms with Gasteiger partial charge in [0.1, 0.15) is 0 Å². The highest BCUT2D eigenvalue weighted by Crippen LogP contribution is 2.22. The van der Waals surface area contributed by atoms with Crippen LogP contribution in [0.3, 0.4) is 0 Å². The van der Waals surface area contributed by atoms with Crippen molar-refractivity contribution in [2.75, 3.05) is 33.4 Å². The fourth-order valence-corrected chi connectivity index (χ4v) is 2.78. The van der Waals surface area contributed by atoms with Gasteiger partial charge in [-0.2, -0.15) is 0 Å². The molecule has 6 nitrogen and oxygen atoms in total. The molecule has 1 heterocycles. The van der Waals surface area contributed by atoms with Gasteiger partial charge in [-0.25, -0.2) is 13.6 Å². The Hall–Kier alpha value is -1.44. The van der Waals surface area contributed by atoms with Gasteiger partial charge in [0.15, 0.2) is 0 Å². The zero-order valence-corrected chi connectivity index (χ0v) is 14.7. The summed E-state index contributed by atoms with van der Waals surface area (Å²) in [5.41, 5.74) is 0. The summed E-state index contributed by atoms with van der Waals surface area (Å²) >= 11 is 0. The van der Waals surface area contributed by atoms with Gasteiger partial charge < -0.3 is 20.3 Å². The maximum atomic E-state index is 12.3. The summed E-state index contributed by atoms with van der Waals surface area (Å²) < 4.78 is 29.5. The van der Waals surface area contributed by atoms with E-state index in [1.54, 1.807) is 18.9 Å². The molecule has 3 atom stereocenters. The second-order valence-corrected chi connectivity index (χ2v) is 6.48. The van der Waals surface area contributed by atoms with Crippen molar-refractivity contribution in [2.45, 2.75) is 45.6 Å². The molecule has 1 fully saturated rings. The first-order valence-electron chi connectivity index (χ1n) is 8.44. The standard InChI is InChI=1S/C16H29F2N3O3/c1-11(8-14(17)18)9-20-16(23)21-10-13(5-4-12(21)2)15(22)19-6-7-24-3/h11-14H,4-10H2,1-3H3,(H,19,22)(H,20,23). The quantitative estimate of drug-likeness (QED) is 0.657. The lowest BCUT2D eigenvalue weighted by atomic mass is 9.93. The van der Waals surface area contributed by atoms with Gasteiger partial charge in [0.2, 0.25) is 12.3 Å². The van der Waals surface area contributed by atoms with Gasteiger partial charge in [-0.1, -0.05) is 6.92 Å². The lowest BCUT2D eigenvalue weighted by Gasteiger charge is -2.37. The third-order valence-corrected chi connectivity index (χ3v) is 4.30. The average molecular weight is 349 g/mol. The van der Waals surface area contributed by atoms with Crippen molar-refractivity contribution in [3.8, 4) is 0 Å². The monoisotopic (exact) mass is 349 g/mol. The van der Waals surface area contributed by atoms with Crippen LogP contribution >= 0.6 is 0 Å². The third kappa shape index (κ3) is 6.98. The molecule has 1 aliphatic heterocycles. The largest absolute Gasteiger partial charge is 0.383 e. The highest BCUT2D eigenvalue weighted by molar-refractivity contribution is 5.81. The predicted octanol–water partition coefficient (Wildman–Crippen LogP) is 1.85. The lowest BCUT2D eigenvalue weighted by molar-refractivity contribution is -0.126. The number of carbonyl (C=O) groups is 2. The van der Waals surface area contributed by atoms with E-state index in [1.165, 1.54) is 0 Å². The molecule has 0 aromatic rings. The number of halogens is 2. The van der Waals surface area contributed by atoms with Crippen LogP contribution in [0.1, 0.15) is 33.1 Å². The van der Waals surface area contributed by atoms with Crippen molar-refractivity contribution in [1.29, 1.82) is 0 Å². The summed E-state index contributed by atoms with van der Waals surface area (Å²) in [6, 6.07) is -0.267. The molecule has 0 spiro atoms. The SMILES string of the molecule is COCCNC(=O)C1CCC(C)N(C(=O)NCC(C)CC(F)F)C1. The van der Waals surface area contributed by atoms with Crippen LogP contribution in [0.4, 0.5) is 13.6 Å². The summed E-state index contributed by atoms with van der Waals surface area (Å²) in [4.78, 5) is 26.1. The molecule has 140 valence electrons. The number of piperidine rings is 1. The fourth-order valence-electron chi connectivity index (χ4n) is 2.78. The van der Waals surface area contributed by atoms with Crippen LogP contribution in [0, 0.1) is 11.8 Å². The molecule has 0 aromatic carbocycles. The summed E-state index contributed by atoms with van der Waals surface area (Å²) in [5.74, 6) is -0.618. The number of ether oxygens (including phenoxy) is 1. The van der Waals surface area contributed by atoms with Gasteiger partial charge >= 0.3 is 6.03 Å². The van der Waals surface area contributed by atoms with Crippen LogP contribution in [0.15, 0.2) is 0 Å². The van der Waals surface area contributed by atoms with Gasteiger partial charge in [-0.05, 0) is 25.7 Å². The Kier molecular flexibility index (Phi) is 8.95. The van der Waals surface area contributed by atoms with Crippen molar-refractivity contribution < 1.29 is 23.1 Å². The highest BCUT2D eigenvalue weighted by atomic mass is 19.3. The number of hydrogen-bond donors (Lipinski definition) is 2. The Morgan fingerprint density at radius 1 is 1.29 bits per heavy atom. The summed E-state index contributed by atoms with van der Waals surface area (Å²) in [6.45, 7) is 5.05. The number of nitrogens with one attached hydrogen (secondary N) is 2. The van der Waals surface area contributed by atoms with Gasteiger partial charge in [0.05, 0.1) is 12.5 Å². The number of rotatable bonds is 8. The van der Waals surface area contributed by atoms with E-state index in [1.807, 2.05) is 6.92 Å². The molecule has 1 rings (SSSR count). The van der Waals surface area contributed by atoms with Crippen molar-refractivity contribution in [1.82, 2.24) is 15.5 Å². The Morgan fingerprint density at radius 3 is 2.62 bits per heavy atom. The maximum absolute atomic E-state index is 12.3. The number of likely N-dealkylation sites (tertiary alicyclic amines) is 1. The molecule has 0 radical (unpaired) electrons. The van der Waals surface area contributed by atoms with Crippen LogP contribution in [0.25, 0.3) is 0 Å². The number of carbonyl (C=O) groups excluding carboxylic acids is 2. The first-order valence-corrected chi connectivity index (χ1v) is 8.44. The normalized spacial score (nSPS) is 22.3. The molecular formula is C16H29F2N3O3. The molecule has 2 N–H and O–H groups in total. The Labute approximate surface area is 142 Å². The molecule has 0 aliphatic carbocycles. The molecule has 1 aliphatic rings. The maximum Gasteiger partial charge on any atom is 0.317 e. The molecule has 24 heavy (non-hydrogen) atoms. The predicted molar refractivity (Wildman–Crippen MR) is 87.0 cm³/mol. The van der Waals surface area contributed by atoms with Crippen molar-refractivity contribution in [3.05, 3.63) is 0 Å². The second kappa shape index (κ2) is 10.4. The van der Waals surface area contributed by atoms with Crippen LogP contribution in [0.5, 0.6) is 0 Å². The topological polar surface area (TPSA) is 70.7 Å². The summed E-state index contributed by atoms with van der Waals surface area (Å²) in [6.07, 6.45) is -1.14. The van der Waals surface area contributed by atoms with E-state index >= 15 is 0 Å². The first-order chi connectivity index (χ1) is 11.3. The minimum absolute atomic E-state index is 0.0263. The zero-order chi connectivity index (χ0) is 18.1. The molecule has 3 amide bonds. The molecule has 3 unspecified atom stereocenters. The minimum Gasteiger partial charge on any atom is -0.383 e. The molecule has 8 heteroatoms. The first kappa shape index (κ1) is 20.6. The van der Waals surface area contributed by atoms with Gasteiger partial charge in [-0.3, -0.25) is 4.79 Å². The Bertz CT molecular complexity index is 410. The Balaban J connectivity index is 2.46. The fraction of sp³-hybridized carbons (Fsp3) is 0.875. The number of hydrogen-bond acceptors (Lipinski definition) is 3. The second-order valence-electron chi connectivity index (χ2n) is 6.48. The number of amides is 3. The van der Waals surface area contributed by atoms with Crippen LogP contribution in [-0.2, 0) is 9.53 Å². The molecule has 0 aromatic heterocycles. The van der Waals surface area contributed by atoms with Crippen LogP contribution in [-0.4, -0.2) is 62.7 Å². The van der Waals surface area contributed by atoms with E-state index in [-0.39, 0.29) is 42.8 Å².